The molecule has 0 aliphatic carbocycles. The Kier molecular flexibility index (Phi) is 16.4. The second-order valence-electron chi connectivity index (χ2n) is 25.1. The van der Waals surface area contributed by atoms with Gasteiger partial charge >= 0.3 is 0 Å². The van der Waals surface area contributed by atoms with Crippen molar-refractivity contribution in [3.8, 4) is 22.8 Å². The predicted octanol–water partition coefficient (Wildman–Crippen LogP) is 18.5. The van der Waals surface area contributed by atoms with E-state index in [1.165, 1.54) is 23.3 Å². The highest BCUT2D eigenvalue weighted by Gasteiger charge is 2.17. The fourth-order valence-electron chi connectivity index (χ4n) is 10.8. The van der Waals surface area contributed by atoms with Crippen LogP contribution in [0.5, 0.6) is 0 Å². The number of H-pyrrole nitrogens is 6. The number of nitrogens with one attached hydrogen (secondary N) is 6. The van der Waals surface area contributed by atoms with Crippen LogP contribution in [0.25, 0.3) is 138 Å². The smallest absolute Gasteiger partial charge is 0.294 e. The molecule has 15 aromatic rings. The Morgan fingerprint density at radius 2 is 0.656 bits per heavy atom. The molecule has 93 heavy (non-hydrogen) atoms. The molecule has 460 valence electrons. The Bertz CT molecular complexity index is 5070. The first kappa shape index (κ1) is 60.6. The fourth-order valence-corrected chi connectivity index (χ4v) is 11.4. The number of fused-ring (bicyclic) bond motifs is 6. The number of aromatic nitrogens is 12. The number of nitrogens with zero attached hydrogens (tertiary/aromatic N) is 6. The summed E-state index contributed by atoms with van der Waals surface area (Å²) in [7, 11) is -4.28. The van der Waals surface area contributed by atoms with Gasteiger partial charge in [0.1, 0.15) is 34.9 Å². The number of aromatic amines is 6. The Balaban J connectivity index is 0.000000128. The van der Waals surface area contributed by atoms with Crippen molar-refractivity contribution < 1.29 is 13.0 Å². The van der Waals surface area contributed by atoms with Crippen LogP contribution in [0.2, 0.25) is 0 Å². The molecule has 9 aromatic carbocycles. The summed E-state index contributed by atoms with van der Waals surface area (Å²) >= 11 is 0. The molecule has 15 rings (SSSR count). The maximum absolute atomic E-state index is 11.4. The van der Waals surface area contributed by atoms with E-state index in [2.05, 4.69) is 195 Å². The van der Waals surface area contributed by atoms with Crippen molar-refractivity contribution in [1.29, 1.82) is 0 Å². The van der Waals surface area contributed by atoms with E-state index in [0.717, 1.165) is 123 Å². The highest BCUT2D eigenvalue weighted by atomic mass is 32.2. The van der Waals surface area contributed by atoms with E-state index in [-0.39, 0.29) is 15.7 Å². The summed E-state index contributed by atoms with van der Waals surface area (Å²) in [6, 6.07) is 63.9. The molecule has 16 heteroatoms. The summed E-state index contributed by atoms with van der Waals surface area (Å²) in [6.45, 7) is 15.4. The van der Waals surface area contributed by atoms with Crippen molar-refractivity contribution in [2.75, 3.05) is 0 Å². The minimum Gasteiger partial charge on any atom is -0.338 e. The average molecular weight is 1240 g/mol. The Hall–Kier alpha value is -11.3. The van der Waals surface area contributed by atoms with E-state index >= 15 is 0 Å². The highest BCUT2D eigenvalue weighted by molar-refractivity contribution is 7.85. The van der Waals surface area contributed by atoms with Crippen molar-refractivity contribution in [2.24, 2.45) is 0 Å². The first-order valence-electron chi connectivity index (χ1n) is 30.6. The Morgan fingerprint density at radius 1 is 0.333 bits per heavy atom. The number of aryl methyl sites for hydroxylation is 1. The molecule has 0 aliphatic rings. The summed E-state index contributed by atoms with van der Waals surface area (Å²) in [6.07, 6.45) is 16.3. The van der Waals surface area contributed by atoms with Crippen molar-refractivity contribution in [3.05, 3.63) is 256 Å². The van der Waals surface area contributed by atoms with E-state index in [9.17, 15) is 13.0 Å². The van der Waals surface area contributed by atoms with Crippen LogP contribution in [0.1, 0.15) is 104 Å². The number of rotatable bonds is 11. The van der Waals surface area contributed by atoms with Crippen LogP contribution >= 0.6 is 0 Å². The van der Waals surface area contributed by atoms with Crippen LogP contribution in [-0.2, 0) is 20.9 Å². The molecule has 0 amide bonds. The van der Waals surface area contributed by atoms with Crippen molar-refractivity contribution >= 4 is 125 Å². The SMILES string of the molecule is C(=Cc1nc2cc3nc(C=Cc4ccccc4)[nH]c3cc2[nH]1)c1ccccc1.CC(C)(C)c1ccc(C=Cc2nc3cc4nc(C=Cc5ccc(C(C)(C)C)cc5)[nH]c4cc3[nH]2)cc1.Cc1cccc(-c2nc3cc4nc(-c5cccc(S(=O)(=O)O)c5)[nH]c4cc3[nH]2)c1. The fraction of sp³-hybridized carbons (Fsp3) is 0.117. The van der Waals surface area contributed by atoms with E-state index < -0.39 is 10.1 Å². The van der Waals surface area contributed by atoms with Gasteiger partial charge in [-0.2, -0.15) is 8.42 Å². The third-order valence-electron chi connectivity index (χ3n) is 15.9. The first-order chi connectivity index (χ1) is 44.7. The van der Waals surface area contributed by atoms with Crippen molar-refractivity contribution in [1.82, 2.24) is 59.8 Å². The molecular weight excluding hydrogens is 1170 g/mol. The largest absolute Gasteiger partial charge is 0.338 e. The highest BCUT2D eigenvalue weighted by Crippen LogP contribution is 2.30. The quantitative estimate of drug-likeness (QED) is 0.0611. The second-order valence-corrected chi connectivity index (χ2v) is 26.5. The third kappa shape index (κ3) is 14.3. The molecule has 0 radical (unpaired) electrons. The lowest BCUT2D eigenvalue weighted by molar-refractivity contribution is 0.483. The van der Waals surface area contributed by atoms with Crippen LogP contribution in [0.4, 0.5) is 0 Å². The van der Waals surface area contributed by atoms with Gasteiger partial charge in [0.15, 0.2) is 0 Å². The molecule has 0 bridgehead atoms. The summed E-state index contributed by atoms with van der Waals surface area (Å²) in [5.41, 5.74) is 21.1. The second kappa shape index (κ2) is 25.2. The molecule has 6 aromatic heterocycles. The van der Waals surface area contributed by atoms with E-state index in [1.54, 1.807) is 12.1 Å². The molecule has 0 unspecified atom stereocenters. The molecule has 15 nitrogen and oxygen atoms in total. The Labute approximate surface area is 538 Å². The number of imidazole rings is 6. The van der Waals surface area contributed by atoms with Gasteiger partial charge in [-0.25, -0.2) is 29.9 Å². The van der Waals surface area contributed by atoms with Crippen LogP contribution < -0.4 is 0 Å². The molecule has 0 saturated carbocycles. The molecule has 0 spiro atoms. The summed E-state index contributed by atoms with van der Waals surface area (Å²) < 4.78 is 32.1. The molecule has 6 heterocycles. The van der Waals surface area contributed by atoms with Gasteiger partial charge in [-0.3, -0.25) is 4.55 Å². The van der Waals surface area contributed by atoms with Gasteiger partial charge in [0.25, 0.3) is 10.1 Å². The van der Waals surface area contributed by atoms with Crippen molar-refractivity contribution in [2.45, 2.75) is 64.2 Å². The topological polar surface area (TPSA) is 226 Å². The number of hydrogen-bond donors (Lipinski definition) is 7. The molecular formula is C77H68N12O3S. The standard InChI is InChI=1S/C32H34N4.C24H18N4.C21H16N4O3S/c1-31(2,3)23-13-7-21(8-14-23)11-17-29-33-25-19-27-28(20-26(25)34-29)36-30(35-27)18-12-22-9-15-24(16-10-22)32(4,5)6;1-3-7-17(8-4-1)11-13-23-25-19-15-21-22(16-20(19)26-23)28-24(27-21)14-12-18-9-5-2-6-10-18;1-12-4-2-5-13(8-12)20-22-16-10-18-19(11-17(16)23-20)25-21(24-18)14-6-3-7-15(9-14)29(26,27)28/h7-20H,1-6H3,(H,33,34)(H,35,36);1-16H,(H,25,26)(H,27,28);2-11H,1H3,(H,22,23)(H,24,25)(H,26,27,28). The molecule has 0 saturated heterocycles. The zero-order valence-corrected chi connectivity index (χ0v) is 53.3. The summed E-state index contributed by atoms with van der Waals surface area (Å²) in [4.78, 5) is 48.0. The summed E-state index contributed by atoms with van der Waals surface area (Å²) in [5.74, 6) is 4.62. The lowest BCUT2D eigenvalue weighted by Gasteiger charge is -2.18. The minimum absolute atomic E-state index is 0.158. The first-order valence-corrected chi connectivity index (χ1v) is 32.1. The lowest BCUT2D eigenvalue weighted by atomic mass is 9.87. The van der Waals surface area contributed by atoms with Crippen LogP contribution in [-0.4, -0.2) is 72.8 Å². The van der Waals surface area contributed by atoms with Crippen LogP contribution in [0.15, 0.2) is 199 Å². The minimum atomic E-state index is -4.28. The van der Waals surface area contributed by atoms with Gasteiger partial charge in [-0.05, 0) is 130 Å². The molecule has 7 N–H and O–H groups in total. The van der Waals surface area contributed by atoms with Crippen LogP contribution in [0.3, 0.4) is 0 Å². The van der Waals surface area contributed by atoms with Gasteiger partial charge in [0, 0.05) is 11.1 Å². The average Bonchev–Trinajstić information content (AvgIpc) is 1.68. The molecule has 0 atom stereocenters. The van der Waals surface area contributed by atoms with Crippen LogP contribution in [0, 0.1) is 6.92 Å². The van der Waals surface area contributed by atoms with Crippen molar-refractivity contribution in [3.63, 3.8) is 0 Å². The zero-order chi connectivity index (χ0) is 64.4. The van der Waals surface area contributed by atoms with Gasteiger partial charge in [0.05, 0.1) is 71.1 Å². The lowest BCUT2D eigenvalue weighted by Crippen LogP contribution is -2.10. The Morgan fingerprint density at radius 3 is 1.00 bits per heavy atom. The maximum Gasteiger partial charge on any atom is 0.294 e. The number of hydrogen-bond acceptors (Lipinski definition) is 8. The number of benzene rings is 9. The zero-order valence-electron chi connectivity index (χ0n) is 52.4. The van der Waals surface area contributed by atoms with E-state index in [1.807, 2.05) is 122 Å². The maximum atomic E-state index is 11.4. The molecule has 0 fully saturated rings. The normalized spacial score (nSPS) is 12.4. The molecule has 0 aliphatic heterocycles. The van der Waals surface area contributed by atoms with E-state index in [0.29, 0.717) is 16.9 Å². The van der Waals surface area contributed by atoms with Gasteiger partial charge in [0.2, 0.25) is 0 Å². The van der Waals surface area contributed by atoms with Gasteiger partial charge in [-0.15, -0.1) is 0 Å². The monoisotopic (exact) mass is 1240 g/mol. The van der Waals surface area contributed by atoms with Gasteiger partial charge < -0.3 is 29.9 Å². The third-order valence-corrected chi connectivity index (χ3v) is 16.8. The van der Waals surface area contributed by atoms with Gasteiger partial charge in [-0.1, -0.05) is 211 Å². The van der Waals surface area contributed by atoms with E-state index in [4.69, 9.17) is 9.97 Å². The predicted molar refractivity (Wildman–Crippen MR) is 382 cm³/mol. The summed E-state index contributed by atoms with van der Waals surface area (Å²) in [5, 5.41) is 0.